The molecule has 6 nitrogen and oxygen atoms in total. The second-order valence-corrected chi connectivity index (χ2v) is 8.36. The molecule has 136 valence electrons. The van der Waals surface area contributed by atoms with Crippen molar-refractivity contribution >= 4 is 37.3 Å². The Labute approximate surface area is 163 Å². The molecule has 0 saturated heterocycles. The van der Waals surface area contributed by atoms with Gasteiger partial charge in [-0.2, -0.15) is 4.98 Å². The minimum Gasteiger partial charge on any atom is -0.459 e. The van der Waals surface area contributed by atoms with Gasteiger partial charge in [-0.05, 0) is 48.5 Å². The minimum absolute atomic E-state index is 0.0236. The molecule has 0 spiro atoms. The summed E-state index contributed by atoms with van der Waals surface area (Å²) in [5.41, 5.74) is 0.673. The number of sulfone groups is 1. The van der Waals surface area contributed by atoms with Crippen LogP contribution in [0.3, 0.4) is 0 Å². The first kappa shape index (κ1) is 17.6. The van der Waals surface area contributed by atoms with Gasteiger partial charge < -0.3 is 14.2 Å². The first-order valence-corrected chi connectivity index (χ1v) is 10.2. The quantitative estimate of drug-likeness (QED) is 0.450. The second-order valence-electron chi connectivity index (χ2n) is 5.58. The third-order valence-electron chi connectivity index (χ3n) is 3.74. The Balaban J connectivity index is 1.83. The van der Waals surface area contributed by atoms with Gasteiger partial charge >= 0.3 is 0 Å². The Bertz CT molecular complexity index is 1150. The fraction of sp³-hybridized carbons (Fsp3) is 0. The van der Waals surface area contributed by atoms with Crippen molar-refractivity contribution in [3.8, 4) is 11.7 Å². The van der Waals surface area contributed by atoms with Crippen LogP contribution < -0.4 is 5.32 Å². The summed E-state index contributed by atoms with van der Waals surface area (Å²) in [7, 11) is -3.91. The first-order valence-electron chi connectivity index (χ1n) is 7.91. The van der Waals surface area contributed by atoms with Crippen LogP contribution in [-0.2, 0) is 9.84 Å². The zero-order chi connectivity index (χ0) is 18.9. The molecule has 0 aliphatic carbocycles. The van der Waals surface area contributed by atoms with Crippen molar-refractivity contribution < 1.29 is 17.3 Å². The molecule has 2 aromatic carbocycles. The van der Waals surface area contributed by atoms with Gasteiger partial charge in [0.1, 0.15) is 0 Å². The van der Waals surface area contributed by atoms with Crippen molar-refractivity contribution in [2.45, 2.75) is 9.92 Å². The third-order valence-corrected chi connectivity index (χ3v) is 5.95. The van der Waals surface area contributed by atoms with E-state index in [4.69, 9.17) is 8.83 Å². The first-order chi connectivity index (χ1) is 13.0. The highest BCUT2D eigenvalue weighted by Crippen LogP contribution is 2.34. The van der Waals surface area contributed by atoms with Gasteiger partial charge in [-0.1, -0.05) is 34.1 Å². The third kappa shape index (κ3) is 3.54. The SMILES string of the molecule is O=S(=O)(c1ccc(Br)cc1)c1nc(-c2ccco2)oc1Nc1ccccc1. The van der Waals surface area contributed by atoms with Crippen LogP contribution in [0.2, 0.25) is 0 Å². The van der Waals surface area contributed by atoms with Crippen molar-refractivity contribution in [1.29, 1.82) is 0 Å². The number of anilines is 2. The maximum atomic E-state index is 13.1. The lowest BCUT2D eigenvalue weighted by Gasteiger charge is -2.06. The molecule has 0 fully saturated rings. The van der Waals surface area contributed by atoms with Crippen LogP contribution >= 0.6 is 15.9 Å². The second kappa shape index (κ2) is 7.05. The van der Waals surface area contributed by atoms with E-state index < -0.39 is 9.84 Å². The van der Waals surface area contributed by atoms with Crippen molar-refractivity contribution in [3.05, 3.63) is 77.5 Å². The van der Waals surface area contributed by atoms with Crippen LogP contribution in [0.5, 0.6) is 0 Å². The van der Waals surface area contributed by atoms with Crippen LogP contribution in [0.4, 0.5) is 11.6 Å². The summed E-state index contributed by atoms with van der Waals surface area (Å²) in [6.07, 6.45) is 1.47. The lowest BCUT2D eigenvalue weighted by molar-refractivity contribution is 0.524. The van der Waals surface area contributed by atoms with E-state index in [0.29, 0.717) is 11.4 Å². The number of rotatable bonds is 5. The number of furan rings is 1. The summed E-state index contributed by atoms with van der Waals surface area (Å²) in [6.45, 7) is 0. The Morgan fingerprint density at radius 3 is 2.33 bits per heavy atom. The van der Waals surface area contributed by atoms with Crippen LogP contribution in [0.15, 0.2) is 96.2 Å². The summed E-state index contributed by atoms with van der Waals surface area (Å²) in [6, 6.07) is 18.8. The van der Waals surface area contributed by atoms with Gasteiger partial charge in [0.15, 0.2) is 5.76 Å². The van der Waals surface area contributed by atoms with Crippen LogP contribution in [0.25, 0.3) is 11.7 Å². The molecule has 0 saturated carbocycles. The lowest BCUT2D eigenvalue weighted by Crippen LogP contribution is -2.05. The predicted molar refractivity (Wildman–Crippen MR) is 104 cm³/mol. The number of halogens is 1. The average molecular weight is 445 g/mol. The monoisotopic (exact) mass is 444 g/mol. The molecule has 0 aliphatic heterocycles. The van der Waals surface area contributed by atoms with E-state index in [1.807, 2.05) is 18.2 Å². The van der Waals surface area contributed by atoms with Gasteiger partial charge in [0, 0.05) is 10.2 Å². The number of benzene rings is 2. The highest BCUT2D eigenvalue weighted by atomic mass is 79.9. The fourth-order valence-electron chi connectivity index (χ4n) is 2.45. The van der Waals surface area contributed by atoms with Crippen LogP contribution in [-0.4, -0.2) is 13.4 Å². The fourth-order valence-corrected chi connectivity index (χ4v) is 3.97. The maximum Gasteiger partial charge on any atom is 0.266 e. The number of para-hydroxylation sites is 1. The van der Waals surface area contributed by atoms with Gasteiger partial charge in [-0.3, -0.25) is 0 Å². The van der Waals surface area contributed by atoms with Crippen LogP contribution in [0, 0.1) is 0 Å². The molecule has 0 aliphatic rings. The van der Waals surface area contributed by atoms with Crippen molar-refractivity contribution in [3.63, 3.8) is 0 Å². The number of hydrogen-bond acceptors (Lipinski definition) is 6. The molecule has 8 heteroatoms. The number of aromatic nitrogens is 1. The molecular formula is C19H13BrN2O4S. The standard InChI is InChI=1S/C19H13BrN2O4S/c20-13-8-10-15(11-9-13)27(23,24)19-18(21-14-5-2-1-3-6-14)26-17(22-19)16-7-4-12-25-16/h1-12,21H. The molecule has 0 atom stereocenters. The Hall–Kier alpha value is -2.84. The van der Waals surface area contributed by atoms with Gasteiger partial charge in [-0.25, -0.2) is 8.42 Å². The summed E-state index contributed by atoms with van der Waals surface area (Å²) in [5.74, 6) is 0.438. The largest absolute Gasteiger partial charge is 0.459 e. The highest BCUT2D eigenvalue weighted by Gasteiger charge is 2.29. The van der Waals surface area contributed by atoms with Crippen molar-refractivity contribution in [1.82, 2.24) is 4.98 Å². The zero-order valence-corrected chi connectivity index (χ0v) is 16.2. The Morgan fingerprint density at radius 2 is 1.67 bits per heavy atom. The molecule has 4 rings (SSSR count). The molecule has 0 bridgehead atoms. The van der Waals surface area contributed by atoms with Crippen LogP contribution in [0.1, 0.15) is 0 Å². The molecule has 0 amide bonds. The van der Waals surface area contributed by atoms with Gasteiger partial charge in [0.25, 0.3) is 5.89 Å². The highest BCUT2D eigenvalue weighted by molar-refractivity contribution is 9.10. The Morgan fingerprint density at radius 1 is 0.926 bits per heavy atom. The van der Waals surface area contributed by atoms with E-state index in [1.165, 1.54) is 18.4 Å². The van der Waals surface area contributed by atoms with E-state index in [2.05, 4.69) is 26.2 Å². The number of nitrogens with zero attached hydrogens (tertiary/aromatic N) is 1. The van der Waals surface area contributed by atoms with Gasteiger partial charge in [0.05, 0.1) is 11.2 Å². The predicted octanol–water partition coefficient (Wildman–Crippen LogP) is 5.27. The smallest absolute Gasteiger partial charge is 0.266 e. The molecule has 27 heavy (non-hydrogen) atoms. The molecule has 0 unspecified atom stereocenters. The van der Waals surface area contributed by atoms with E-state index in [0.717, 1.165) is 4.47 Å². The summed E-state index contributed by atoms with van der Waals surface area (Å²) < 4.78 is 38.0. The molecule has 4 aromatic rings. The summed E-state index contributed by atoms with van der Waals surface area (Å²) in [4.78, 5) is 4.31. The zero-order valence-electron chi connectivity index (χ0n) is 13.8. The topological polar surface area (TPSA) is 85.3 Å². The van der Waals surface area contributed by atoms with Gasteiger partial charge in [-0.15, -0.1) is 0 Å². The summed E-state index contributed by atoms with van der Waals surface area (Å²) >= 11 is 3.30. The molecule has 1 N–H and O–H groups in total. The lowest BCUT2D eigenvalue weighted by atomic mass is 10.3. The Kier molecular flexibility index (Phi) is 4.59. The number of hydrogen-bond donors (Lipinski definition) is 1. The van der Waals surface area contributed by atoms with E-state index in [9.17, 15) is 8.42 Å². The molecule has 2 heterocycles. The summed E-state index contributed by atoms with van der Waals surface area (Å²) in [5, 5.41) is 2.77. The number of nitrogens with one attached hydrogen (secondary N) is 1. The molecular weight excluding hydrogens is 432 g/mol. The van der Waals surface area contributed by atoms with Crippen molar-refractivity contribution in [2.24, 2.45) is 0 Å². The van der Waals surface area contributed by atoms with E-state index in [-0.39, 0.29) is 21.7 Å². The average Bonchev–Trinajstić information content (AvgIpc) is 3.33. The maximum absolute atomic E-state index is 13.1. The normalized spacial score (nSPS) is 11.4. The molecule has 0 radical (unpaired) electrons. The van der Waals surface area contributed by atoms with Crippen molar-refractivity contribution in [2.75, 3.05) is 5.32 Å². The van der Waals surface area contributed by atoms with E-state index >= 15 is 0 Å². The van der Waals surface area contributed by atoms with Gasteiger partial charge in [0.2, 0.25) is 20.7 Å². The number of oxazole rings is 1. The van der Waals surface area contributed by atoms with E-state index in [1.54, 1.807) is 36.4 Å². The molecule has 2 aromatic heterocycles. The minimum atomic E-state index is -3.91.